The summed E-state index contributed by atoms with van der Waals surface area (Å²) < 4.78 is 0. The molecule has 3 rings (SSSR count). The summed E-state index contributed by atoms with van der Waals surface area (Å²) >= 11 is 0. The fourth-order valence-corrected chi connectivity index (χ4v) is 3.43. The minimum Gasteiger partial charge on any atom is -0.330 e. The number of carbonyl (C=O) groups is 1. The van der Waals surface area contributed by atoms with Crippen LogP contribution in [0.5, 0.6) is 0 Å². The third kappa shape index (κ3) is 1.95. The lowest BCUT2D eigenvalue weighted by atomic mass is 9.73. The molecular formula is C18H21N3O. The van der Waals surface area contributed by atoms with Gasteiger partial charge in [-0.1, -0.05) is 48.5 Å². The van der Waals surface area contributed by atoms with Gasteiger partial charge in [0.25, 0.3) is 5.91 Å². The molecule has 1 amide bonds. The van der Waals surface area contributed by atoms with Crippen LogP contribution < -0.4 is 10.7 Å². The number of rotatable bonds is 4. The summed E-state index contributed by atoms with van der Waals surface area (Å²) in [6.07, 6.45) is 0.594. The van der Waals surface area contributed by atoms with E-state index in [4.69, 9.17) is 5.73 Å². The van der Waals surface area contributed by atoms with Gasteiger partial charge in [0.2, 0.25) is 0 Å². The first-order valence-corrected chi connectivity index (χ1v) is 7.50. The van der Waals surface area contributed by atoms with Crippen molar-refractivity contribution in [3.63, 3.8) is 0 Å². The van der Waals surface area contributed by atoms with Crippen LogP contribution in [0.25, 0.3) is 0 Å². The largest absolute Gasteiger partial charge is 0.330 e. The van der Waals surface area contributed by atoms with Crippen molar-refractivity contribution in [1.29, 1.82) is 0 Å². The number of benzene rings is 2. The number of nitrogens with zero attached hydrogens (tertiary/aromatic N) is 2. The lowest BCUT2D eigenvalue weighted by Crippen LogP contribution is -2.47. The van der Waals surface area contributed by atoms with Crippen molar-refractivity contribution in [2.45, 2.75) is 11.8 Å². The second-order valence-electron chi connectivity index (χ2n) is 5.79. The SMILES string of the molecule is CN(C)N1C(=O)[C@](CCN)(c2ccccc2)c2ccccc21. The fraction of sp³-hybridized carbons (Fsp3) is 0.278. The van der Waals surface area contributed by atoms with Gasteiger partial charge in [-0.3, -0.25) is 4.79 Å². The van der Waals surface area contributed by atoms with E-state index in [1.54, 1.807) is 5.01 Å². The van der Waals surface area contributed by atoms with E-state index in [9.17, 15) is 4.79 Å². The maximum atomic E-state index is 13.3. The third-order valence-corrected chi connectivity index (χ3v) is 4.34. The lowest BCUT2D eigenvalue weighted by Gasteiger charge is -2.31. The van der Waals surface area contributed by atoms with Gasteiger partial charge in [-0.2, -0.15) is 0 Å². The van der Waals surface area contributed by atoms with Crippen LogP contribution in [0.3, 0.4) is 0 Å². The first-order valence-electron chi connectivity index (χ1n) is 7.50. The molecule has 1 aliphatic heterocycles. The second kappa shape index (κ2) is 5.55. The van der Waals surface area contributed by atoms with E-state index in [1.807, 2.05) is 73.7 Å². The number of amides is 1. The summed E-state index contributed by atoms with van der Waals surface area (Å²) in [5.74, 6) is 0.0651. The topological polar surface area (TPSA) is 49.6 Å². The molecule has 0 aliphatic carbocycles. The van der Waals surface area contributed by atoms with Gasteiger partial charge in [-0.25, -0.2) is 10.0 Å². The number of para-hydroxylation sites is 1. The smallest absolute Gasteiger partial charge is 0.256 e. The zero-order valence-corrected chi connectivity index (χ0v) is 13.0. The minimum absolute atomic E-state index is 0.0651. The highest BCUT2D eigenvalue weighted by Crippen LogP contribution is 2.48. The molecule has 1 aliphatic rings. The van der Waals surface area contributed by atoms with Crippen LogP contribution in [0.1, 0.15) is 17.5 Å². The molecule has 0 saturated carbocycles. The molecule has 0 unspecified atom stereocenters. The fourth-order valence-electron chi connectivity index (χ4n) is 3.43. The Morgan fingerprint density at radius 2 is 1.68 bits per heavy atom. The summed E-state index contributed by atoms with van der Waals surface area (Å²) in [6.45, 7) is 0.455. The van der Waals surface area contributed by atoms with Crippen molar-refractivity contribution in [3.8, 4) is 0 Å². The molecule has 0 fully saturated rings. The van der Waals surface area contributed by atoms with E-state index in [0.717, 1.165) is 16.8 Å². The van der Waals surface area contributed by atoms with E-state index in [2.05, 4.69) is 0 Å². The normalized spacial score (nSPS) is 20.5. The van der Waals surface area contributed by atoms with Crippen molar-refractivity contribution < 1.29 is 4.79 Å². The molecule has 0 radical (unpaired) electrons. The minimum atomic E-state index is -0.698. The Hall–Kier alpha value is -2.17. The van der Waals surface area contributed by atoms with Gasteiger partial charge in [0, 0.05) is 14.1 Å². The van der Waals surface area contributed by atoms with Crippen molar-refractivity contribution in [1.82, 2.24) is 5.01 Å². The van der Waals surface area contributed by atoms with Crippen LogP contribution in [0.15, 0.2) is 54.6 Å². The van der Waals surface area contributed by atoms with Gasteiger partial charge in [0.1, 0.15) is 5.41 Å². The lowest BCUT2D eigenvalue weighted by molar-refractivity contribution is -0.124. The van der Waals surface area contributed by atoms with E-state index in [1.165, 1.54) is 0 Å². The molecule has 1 atom stereocenters. The number of nitrogens with two attached hydrogens (primary N) is 1. The van der Waals surface area contributed by atoms with Crippen molar-refractivity contribution in [3.05, 3.63) is 65.7 Å². The van der Waals surface area contributed by atoms with Crippen LogP contribution in [-0.2, 0) is 10.2 Å². The molecule has 0 bridgehead atoms. The first-order chi connectivity index (χ1) is 10.6. The van der Waals surface area contributed by atoms with Crippen LogP contribution >= 0.6 is 0 Å². The highest BCUT2D eigenvalue weighted by molar-refractivity contribution is 6.09. The van der Waals surface area contributed by atoms with Gasteiger partial charge in [0.05, 0.1) is 5.69 Å². The molecule has 22 heavy (non-hydrogen) atoms. The Bertz CT molecular complexity index is 684. The molecule has 0 saturated heterocycles. The standard InChI is InChI=1S/C18H21N3O/c1-20(2)21-16-11-7-6-10-15(16)18(12-13-19,17(21)22)14-8-4-3-5-9-14/h3-11H,12-13,19H2,1-2H3/t18-/m1/s1. The Balaban J connectivity index is 2.29. The van der Waals surface area contributed by atoms with Gasteiger partial charge in [-0.05, 0) is 30.2 Å². The number of anilines is 1. The summed E-state index contributed by atoms with van der Waals surface area (Å²) in [5.41, 5.74) is 8.16. The third-order valence-electron chi connectivity index (χ3n) is 4.34. The second-order valence-corrected chi connectivity index (χ2v) is 5.79. The van der Waals surface area contributed by atoms with Gasteiger partial charge < -0.3 is 5.73 Å². The van der Waals surface area contributed by atoms with Crippen molar-refractivity contribution in [2.75, 3.05) is 25.6 Å². The predicted octanol–water partition coefficient (Wildman–Crippen LogP) is 2.14. The highest BCUT2D eigenvalue weighted by atomic mass is 16.2. The van der Waals surface area contributed by atoms with Crippen LogP contribution in [0.4, 0.5) is 5.69 Å². The van der Waals surface area contributed by atoms with Crippen LogP contribution in [0, 0.1) is 0 Å². The first kappa shape index (κ1) is 14.8. The summed E-state index contributed by atoms with van der Waals surface area (Å²) in [6, 6.07) is 17.9. The maximum absolute atomic E-state index is 13.3. The average Bonchev–Trinajstić information content (AvgIpc) is 2.78. The molecule has 0 spiro atoms. The number of hydrogen-bond acceptors (Lipinski definition) is 3. The van der Waals surface area contributed by atoms with E-state index in [-0.39, 0.29) is 5.91 Å². The Morgan fingerprint density at radius 3 is 2.32 bits per heavy atom. The Labute approximate surface area is 131 Å². The van der Waals surface area contributed by atoms with E-state index < -0.39 is 5.41 Å². The molecular weight excluding hydrogens is 274 g/mol. The molecule has 2 aromatic carbocycles. The van der Waals surface area contributed by atoms with E-state index >= 15 is 0 Å². The zero-order valence-electron chi connectivity index (χ0n) is 13.0. The summed E-state index contributed by atoms with van der Waals surface area (Å²) in [7, 11) is 3.77. The van der Waals surface area contributed by atoms with Crippen LogP contribution in [-0.4, -0.2) is 31.6 Å². The number of carbonyl (C=O) groups excluding carboxylic acids is 1. The van der Waals surface area contributed by atoms with Gasteiger partial charge >= 0.3 is 0 Å². The van der Waals surface area contributed by atoms with Gasteiger partial charge in [-0.15, -0.1) is 0 Å². The predicted molar refractivity (Wildman–Crippen MR) is 88.5 cm³/mol. The van der Waals surface area contributed by atoms with Crippen molar-refractivity contribution >= 4 is 11.6 Å². The quantitative estimate of drug-likeness (QED) is 0.940. The number of fused-ring (bicyclic) bond motifs is 1. The zero-order chi connectivity index (χ0) is 15.7. The Kier molecular flexibility index (Phi) is 3.72. The molecule has 0 aromatic heterocycles. The Morgan fingerprint density at radius 1 is 1.05 bits per heavy atom. The highest BCUT2D eigenvalue weighted by Gasteiger charge is 2.52. The average molecular weight is 295 g/mol. The summed E-state index contributed by atoms with van der Waals surface area (Å²) in [4.78, 5) is 13.3. The number of hydrazine groups is 1. The van der Waals surface area contributed by atoms with E-state index in [0.29, 0.717) is 13.0 Å². The molecule has 4 nitrogen and oxygen atoms in total. The molecule has 2 N–H and O–H groups in total. The van der Waals surface area contributed by atoms with Gasteiger partial charge in [0.15, 0.2) is 0 Å². The number of hydrogen-bond donors (Lipinski definition) is 1. The summed E-state index contributed by atoms with van der Waals surface area (Å²) in [5, 5.41) is 3.58. The molecule has 114 valence electrons. The molecule has 1 heterocycles. The molecule has 4 heteroatoms. The monoisotopic (exact) mass is 295 g/mol. The maximum Gasteiger partial charge on any atom is 0.256 e. The molecule has 2 aromatic rings. The van der Waals surface area contributed by atoms with Crippen molar-refractivity contribution in [2.24, 2.45) is 5.73 Å². The van der Waals surface area contributed by atoms with Crippen LogP contribution in [0.2, 0.25) is 0 Å².